The van der Waals surface area contributed by atoms with Crippen molar-refractivity contribution in [2.45, 2.75) is 13.3 Å². The van der Waals surface area contributed by atoms with E-state index < -0.39 is 0 Å². The summed E-state index contributed by atoms with van der Waals surface area (Å²) in [6.45, 7) is 4.06. The maximum atomic E-state index is 13.5. The van der Waals surface area contributed by atoms with Gasteiger partial charge in [-0.05, 0) is 42.6 Å². The fraction of sp³-hybridized carbons (Fsp3) is 0.304. The molecule has 1 saturated heterocycles. The zero-order valence-corrected chi connectivity index (χ0v) is 18.1. The third-order valence-corrected chi connectivity index (χ3v) is 5.67. The molecular formula is C23H27ClN4O2. The highest BCUT2D eigenvalue weighted by atomic mass is 35.5. The Morgan fingerprint density at radius 3 is 2.53 bits per heavy atom. The number of carbonyl (C=O) groups is 1. The molecule has 0 saturated carbocycles. The van der Waals surface area contributed by atoms with Crippen molar-refractivity contribution in [3.8, 4) is 22.7 Å². The molecular weight excluding hydrogens is 400 g/mol. The zero-order valence-electron chi connectivity index (χ0n) is 17.2. The maximum Gasteiger partial charge on any atom is 0.257 e. The number of para-hydroxylation sites is 2. The van der Waals surface area contributed by atoms with Crippen molar-refractivity contribution in [3.05, 3.63) is 66.4 Å². The molecule has 1 aromatic heterocycles. The van der Waals surface area contributed by atoms with Crippen LogP contribution in [0.5, 0.6) is 5.75 Å². The van der Waals surface area contributed by atoms with E-state index in [2.05, 4.69) is 6.92 Å². The Bertz CT molecular complexity index is 1020. The van der Waals surface area contributed by atoms with Gasteiger partial charge >= 0.3 is 0 Å². The SMILES string of the molecule is COc1ccccc1-c1nn(-c2ccccc2)cc1C(=O)N1CCC(C)(CN)C1.Cl. The number of likely N-dealkylation sites (tertiary alicyclic amines) is 1. The number of nitrogens with two attached hydrogens (primary N) is 1. The minimum atomic E-state index is -0.0321. The summed E-state index contributed by atoms with van der Waals surface area (Å²) in [6, 6.07) is 17.4. The van der Waals surface area contributed by atoms with Crippen LogP contribution in [0, 0.1) is 5.41 Å². The van der Waals surface area contributed by atoms with Crippen molar-refractivity contribution in [2.24, 2.45) is 11.1 Å². The molecule has 6 nitrogen and oxygen atoms in total. The third-order valence-electron chi connectivity index (χ3n) is 5.67. The van der Waals surface area contributed by atoms with Gasteiger partial charge in [0.05, 0.1) is 18.4 Å². The lowest BCUT2D eigenvalue weighted by molar-refractivity contribution is 0.0777. The number of amides is 1. The summed E-state index contributed by atoms with van der Waals surface area (Å²) in [6.07, 6.45) is 2.73. The summed E-state index contributed by atoms with van der Waals surface area (Å²) in [5.74, 6) is 0.665. The number of methoxy groups -OCH3 is 1. The van der Waals surface area contributed by atoms with Gasteiger partial charge in [-0.2, -0.15) is 5.10 Å². The number of carbonyl (C=O) groups excluding carboxylic acids is 1. The standard InChI is InChI=1S/C23H26N4O2.ClH/c1-23(15-24)12-13-26(16-23)22(28)19-14-27(17-8-4-3-5-9-17)25-21(19)18-10-6-7-11-20(18)29-2;/h3-11,14H,12-13,15-16,24H2,1-2H3;1H. The Morgan fingerprint density at radius 1 is 1.17 bits per heavy atom. The second-order valence-corrected chi connectivity index (χ2v) is 7.86. The summed E-state index contributed by atoms with van der Waals surface area (Å²) in [5, 5.41) is 4.77. The number of aromatic nitrogens is 2. The molecule has 4 rings (SSSR count). The van der Waals surface area contributed by atoms with E-state index in [4.69, 9.17) is 15.6 Å². The summed E-state index contributed by atoms with van der Waals surface area (Å²) in [4.78, 5) is 15.4. The number of hydrogen-bond acceptors (Lipinski definition) is 4. The first-order valence-corrected chi connectivity index (χ1v) is 9.82. The van der Waals surface area contributed by atoms with Gasteiger partial charge in [0.25, 0.3) is 5.91 Å². The minimum Gasteiger partial charge on any atom is -0.496 e. The van der Waals surface area contributed by atoms with E-state index in [1.165, 1.54) is 0 Å². The second kappa shape index (κ2) is 8.90. The van der Waals surface area contributed by atoms with Crippen molar-refractivity contribution in [1.82, 2.24) is 14.7 Å². The lowest BCUT2D eigenvalue weighted by Crippen LogP contribution is -2.34. The molecule has 0 bridgehead atoms. The summed E-state index contributed by atoms with van der Waals surface area (Å²) >= 11 is 0. The van der Waals surface area contributed by atoms with Crippen LogP contribution < -0.4 is 10.5 Å². The predicted molar refractivity (Wildman–Crippen MR) is 120 cm³/mol. The van der Waals surface area contributed by atoms with Crippen molar-refractivity contribution in [2.75, 3.05) is 26.7 Å². The van der Waals surface area contributed by atoms with Gasteiger partial charge in [0.15, 0.2) is 0 Å². The van der Waals surface area contributed by atoms with E-state index in [0.717, 1.165) is 17.7 Å². The first-order valence-electron chi connectivity index (χ1n) is 9.82. The van der Waals surface area contributed by atoms with Gasteiger partial charge in [0, 0.05) is 24.8 Å². The molecule has 2 N–H and O–H groups in total. The lowest BCUT2D eigenvalue weighted by atomic mass is 9.90. The normalized spacial score (nSPS) is 18.2. The molecule has 1 amide bonds. The number of benzene rings is 2. The van der Waals surface area contributed by atoms with Crippen LogP contribution in [-0.4, -0.2) is 47.3 Å². The molecule has 2 aromatic carbocycles. The fourth-order valence-electron chi connectivity index (χ4n) is 3.82. The van der Waals surface area contributed by atoms with E-state index in [-0.39, 0.29) is 23.7 Å². The van der Waals surface area contributed by atoms with Crippen LogP contribution in [0.25, 0.3) is 16.9 Å². The molecule has 1 atom stereocenters. The van der Waals surface area contributed by atoms with Gasteiger partial charge in [-0.1, -0.05) is 37.3 Å². The van der Waals surface area contributed by atoms with E-state index in [0.29, 0.717) is 36.6 Å². The second-order valence-electron chi connectivity index (χ2n) is 7.86. The Balaban J connectivity index is 0.00000256. The van der Waals surface area contributed by atoms with Crippen LogP contribution in [0.4, 0.5) is 0 Å². The van der Waals surface area contributed by atoms with Crippen molar-refractivity contribution in [1.29, 1.82) is 0 Å². The van der Waals surface area contributed by atoms with Gasteiger partial charge in [0.1, 0.15) is 11.4 Å². The van der Waals surface area contributed by atoms with Crippen LogP contribution in [0.15, 0.2) is 60.8 Å². The van der Waals surface area contributed by atoms with Gasteiger partial charge in [-0.3, -0.25) is 4.79 Å². The average Bonchev–Trinajstić information content (AvgIpc) is 3.39. The molecule has 3 aromatic rings. The highest BCUT2D eigenvalue weighted by Gasteiger charge is 2.36. The molecule has 2 heterocycles. The number of nitrogens with zero attached hydrogens (tertiary/aromatic N) is 3. The third kappa shape index (κ3) is 4.06. The van der Waals surface area contributed by atoms with Crippen LogP contribution in [-0.2, 0) is 0 Å². The molecule has 1 unspecified atom stereocenters. The number of halogens is 1. The molecule has 0 radical (unpaired) electrons. The van der Waals surface area contributed by atoms with Gasteiger partial charge in [-0.15, -0.1) is 12.4 Å². The smallest absolute Gasteiger partial charge is 0.257 e. The summed E-state index contributed by atoms with van der Waals surface area (Å²) < 4.78 is 7.29. The molecule has 1 aliphatic heterocycles. The maximum absolute atomic E-state index is 13.5. The predicted octanol–water partition coefficient (Wildman–Crippen LogP) is 3.78. The molecule has 30 heavy (non-hydrogen) atoms. The van der Waals surface area contributed by atoms with Gasteiger partial charge in [-0.25, -0.2) is 4.68 Å². The molecule has 0 aliphatic carbocycles. The Hall–Kier alpha value is -2.83. The number of rotatable bonds is 5. The van der Waals surface area contributed by atoms with Crippen LogP contribution >= 0.6 is 12.4 Å². The first kappa shape index (κ1) is 21.9. The molecule has 1 aliphatic rings. The number of hydrogen-bond donors (Lipinski definition) is 1. The lowest BCUT2D eigenvalue weighted by Gasteiger charge is -2.22. The van der Waals surface area contributed by atoms with Gasteiger partial charge < -0.3 is 15.4 Å². The Labute approximate surface area is 183 Å². The Morgan fingerprint density at radius 2 is 1.87 bits per heavy atom. The van der Waals surface area contributed by atoms with Crippen LogP contribution in [0.3, 0.4) is 0 Å². The largest absolute Gasteiger partial charge is 0.496 e. The quantitative estimate of drug-likeness (QED) is 0.673. The average molecular weight is 427 g/mol. The number of ether oxygens (including phenoxy) is 1. The Kier molecular flexibility index (Phi) is 6.48. The monoisotopic (exact) mass is 426 g/mol. The summed E-state index contributed by atoms with van der Waals surface area (Å²) in [5.41, 5.74) is 8.80. The zero-order chi connectivity index (χ0) is 20.4. The van der Waals surface area contributed by atoms with Crippen LogP contribution in [0.2, 0.25) is 0 Å². The summed E-state index contributed by atoms with van der Waals surface area (Å²) in [7, 11) is 1.63. The molecule has 7 heteroatoms. The first-order chi connectivity index (χ1) is 14.0. The molecule has 158 valence electrons. The van der Waals surface area contributed by atoms with Gasteiger partial charge in [0.2, 0.25) is 0 Å². The van der Waals surface area contributed by atoms with E-state index >= 15 is 0 Å². The highest BCUT2D eigenvalue weighted by Crippen LogP contribution is 2.34. The molecule has 0 spiro atoms. The minimum absolute atomic E-state index is 0. The van der Waals surface area contributed by atoms with Crippen LogP contribution in [0.1, 0.15) is 23.7 Å². The van der Waals surface area contributed by atoms with E-state index in [9.17, 15) is 4.79 Å². The topological polar surface area (TPSA) is 73.4 Å². The highest BCUT2D eigenvalue weighted by molar-refractivity contribution is 6.00. The van der Waals surface area contributed by atoms with Crippen molar-refractivity contribution in [3.63, 3.8) is 0 Å². The van der Waals surface area contributed by atoms with Crippen molar-refractivity contribution >= 4 is 18.3 Å². The van der Waals surface area contributed by atoms with Crippen molar-refractivity contribution < 1.29 is 9.53 Å². The van der Waals surface area contributed by atoms with E-state index in [1.54, 1.807) is 11.8 Å². The van der Waals surface area contributed by atoms with E-state index in [1.807, 2.05) is 65.7 Å². The fourth-order valence-corrected chi connectivity index (χ4v) is 3.82. The molecule has 1 fully saturated rings.